The van der Waals surface area contributed by atoms with E-state index in [9.17, 15) is 8.42 Å². The number of nitrogens with one attached hydrogen (secondary N) is 1. The molecule has 0 aliphatic heterocycles. The summed E-state index contributed by atoms with van der Waals surface area (Å²) in [7, 11) is 0.328. The van der Waals surface area contributed by atoms with E-state index >= 15 is 0 Å². The molecule has 1 N–H and O–H groups in total. The summed E-state index contributed by atoms with van der Waals surface area (Å²) in [6.07, 6.45) is 3.92. The molecule has 19 heavy (non-hydrogen) atoms. The van der Waals surface area contributed by atoms with Crippen LogP contribution in [0.3, 0.4) is 0 Å². The number of rotatable bonds is 4. The molecular weight excluding hydrogens is 348 g/mol. The SMILES string of the molecule is CNC1CCC(N(C)S(=O)(=O)c2ccc(Br)s2)CC1. The van der Waals surface area contributed by atoms with Crippen molar-refractivity contribution in [2.45, 2.75) is 42.0 Å². The Balaban J connectivity index is 2.09. The van der Waals surface area contributed by atoms with Gasteiger partial charge in [0.15, 0.2) is 0 Å². The number of nitrogens with zero attached hydrogens (tertiary/aromatic N) is 1. The summed E-state index contributed by atoms with van der Waals surface area (Å²) < 4.78 is 27.8. The Kier molecular flexibility index (Phi) is 5.05. The smallest absolute Gasteiger partial charge is 0.252 e. The number of halogens is 1. The minimum Gasteiger partial charge on any atom is -0.317 e. The molecule has 4 nitrogen and oxygen atoms in total. The molecule has 108 valence electrons. The molecule has 0 aromatic carbocycles. The zero-order valence-electron chi connectivity index (χ0n) is 11.1. The molecule has 2 rings (SSSR count). The van der Waals surface area contributed by atoms with Gasteiger partial charge in [-0.05, 0) is 60.8 Å². The van der Waals surface area contributed by atoms with Gasteiger partial charge in [-0.15, -0.1) is 11.3 Å². The molecular formula is C12H19BrN2O2S2. The molecule has 0 radical (unpaired) electrons. The maximum absolute atomic E-state index is 12.5. The Hall–Kier alpha value is 0.0500. The maximum Gasteiger partial charge on any atom is 0.252 e. The molecule has 7 heteroatoms. The lowest BCUT2D eigenvalue weighted by atomic mass is 9.91. The zero-order chi connectivity index (χ0) is 14.0. The van der Waals surface area contributed by atoms with Crippen LogP contribution >= 0.6 is 27.3 Å². The van der Waals surface area contributed by atoms with Crippen molar-refractivity contribution < 1.29 is 8.42 Å². The van der Waals surface area contributed by atoms with E-state index in [1.165, 1.54) is 11.3 Å². The van der Waals surface area contributed by atoms with Crippen molar-refractivity contribution in [1.82, 2.24) is 9.62 Å². The quantitative estimate of drug-likeness (QED) is 0.890. The van der Waals surface area contributed by atoms with E-state index in [-0.39, 0.29) is 6.04 Å². The molecule has 0 saturated heterocycles. The second-order valence-corrected chi connectivity index (χ2v) is 9.56. The summed E-state index contributed by atoms with van der Waals surface area (Å²) in [6, 6.07) is 4.10. The highest BCUT2D eigenvalue weighted by molar-refractivity contribution is 9.11. The van der Waals surface area contributed by atoms with Gasteiger partial charge in [-0.2, -0.15) is 4.31 Å². The lowest BCUT2D eigenvalue weighted by Crippen LogP contribution is -2.42. The Labute approximate surface area is 127 Å². The summed E-state index contributed by atoms with van der Waals surface area (Å²) in [5, 5.41) is 3.27. The van der Waals surface area contributed by atoms with Gasteiger partial charge >= 0.3 is 0 Å². The number of hydrogen-bond donors (Lipinski definition) is 1. The highest BCUT2D eigenvalue weighted by Crippen LogP contribution is 2.31. The van der Waals surface area contributed by atoms with Crippen molar-refractivity contribution in [2.24, 2.45) is 0 Å². The number of sulfonamides is 1. The van der Waals surface area contributed by atoms with Crippen molar-refractivity contribution in [2.75, 3.05) is 14.1 Å². The molecule has 0 amide bonds. The highest BCUT2D eigenvalue weighted by Gasteiger charge is 2.31. The summed E-state index contributed by atoms with van der Waals surface area (Å²) in [5.41, 5.74) is 0. The van der Waals surface area contributed by atoms with Crippen molar-refractivity contribution in [3.05, 3.63) is 15.9 Å². The highest BCUT2D eigenvalue weighted by atomic mass is 79.9. The van der Waals surface area contributed by atoms with Crippen LogP contribution in [0.2, 0.25) is 0 Å². The van der Waals surface area contributed by atoms with Crippen LogP contribution in [-0.2, 0) is 10.0 Å². The maximum atomic E-state index is 12.5. The average molecular weight is 367 g/mol. The van der Waals surface area contributed by atoms with Crippen LogP contribution in [0.4, 0.5) is 0 Å². The molecule has 1 aliphatic rings. The molecule has 1 heterocycles. The molecule has 0 atom stereocenters. The monoisotopic (exact) mass is 366 g/mol. The van der Waals surface area contributed by atoms with E-state index in [1.54, 1.807) is 23.5 Å². The van der Waals surface area contributed by atoms with Crippen LogP contribution in [-0.4, -0.2) is 38.9 Å². The predicted molar refractivity (Wildman–Crippen MR) is 82.1 cm³/mol. The zero-order valence-corrected chi connectivity index (χ0v) is 14.3. The Morgan fingerprint density at radius 3 is 2.42 bits per heavy atom. The summed E-state index contributed by atoms with van der Waals surface area (Å²) in [4.78, 5) is 0. The van der Waals surface area contributed by atoms with Crippen LogP contribution in [0.25, 0.3) is 0 Å². The fraction of sp³-hybridized carbons (Fsp3) is 0.667. The van der Waals surface area contributed by atoms with E-state index in [4.69, 9.17) is 0 Å². The van der Waals surface area contributed by atoms with Crippen molar-refractivity contribution >= 4 is 37.3 Å². The molecule has 1 fully saturated rings. The lowest BCUT2D eigenvalue weighted by molar-refractivity contribution is 0.255. The van der Waals surface area contributed by atoms with Crippen LogP contribution < -0.4 is 5.32 Å². The molecule has 1 aromatic heterocycles. The molecule has 1 aliphatic carbocycles. The first kappa shape index (κ1) is 15.4. The summed E-state index contributed by atoms with van der Waals surface area (Å²) >= 11 is 4.58. The van der Waals surface area contributed by atoms with Crippen LogP contribution in [0, 0.1) is 0 Å². The van der Waals surface area contributed by atoms with E-state index in [0.717, 1.165) is 29.5 Å². The molecule has 0 unspecified atom stereocenters. The average Bonchev–Trinajstić information content (AvgIpc) is 2.85. The van der Waals surface area contributed by atoms with Gasteiger partial charge in [-0.3, -0.25) is 0 Å². The van der Waals surface area contributed by atoms with Crippen LogP contribution in [0.1, 0.15) is 25.7 Å². The number of thiophene rings is 1. The third kappa shape index (κ3) is 3.39. The normalized spacial score (nSPS) is 24.8. The molecule has 0 spiro atoms. The number of hydrogen-bond acceptors (Lipinski definition) is 4. The molecule has 0 bridgehead atoms. The fourth-order valence-electron chi connectivity index (χ4n) is 2.50. The lowest BCUT2D eigenvalue weighted by Gasteiger charge is -2.33. The first-order valence-electron chi connectivity index (χ1n) is 6.36. The Morgan fingerprint density at radius 2 is 1.95 bits per heavy atom. The van der Waals surface area contributed by atoms with Gasteiger partial charge in [0, 0.05) is 19.1 Å². The van der Waals surface area contributed by atoms with Gasteiger partial charge in [0.1, 0.15) is 4.21 Å². The largest absolute Gasteiger partial charge is 0.317 e. The van der Waals surface area contributed by atoms with Gasteiger partial charge in [0.2, 0.25) is 0 Å². The third-order valence-electron chi connectivity index (χ3n) is 3.80. The minimum atomic E-state index is -3.34. The van der Waals surface area contributed by atoms with E-state index in [1.807, 2.05) is 7.05 Å². The topological polar surface area (TPSA) is 49.4 Å². The summed E-state index contributed by atoms with van der Waals surface area (Å²) in [6.45, 7) is 0. The van der Waals surface area contributed by atoms with Gasteiger partial charge in [-0.25, -0.2) is 8.42 Å². The predicted octanol–water partition coefficient (Wildman–Crippen LogP) is 2.66. The van der Waals surface area contributed by atoms with Gasteiger partial charge in [0.05, 0.1) is 3.79 Å². The first-order chi connectivity index (χ1) is 8.95. The van der Waals surface area contributed by atoms with E-state index in [0.29, 0.717) is 10.3 Å². The summed E-state index contributed by atoms with van der Waals surface area (Å²) in [5.74, 6) is 0. The Morgan fingerprint density at radius 1 is 1.32 bits per heavy atom. The standard InChI is InChI=1S/C12H19BrN2O2S2/c1-14-9-3-5-10(6-4-9)15(2)19(16,17)12-8-7-11(13)18-12/h7-10,14H,3-6H2,1-2H3. The molecule has 1 aromatic rings. The first-order valence-corrected chi connectivity index (χ1v) is 9.40. The van der Waals surface area contributed by atoms with Gasteiger partial charge in [0.25, 0.3) is 10.0 Å². The Bertz CT molecular complexity index is 522. The van der Waals surface area contributed by atoms with Gasteiger partial charge in [-0.1, -0.05) is 0 Å². The van der Waals surface area contributed by atoms with E-state index in [2.05, 4.69) is 21.2 Å². The molecule has 1 saturated carbocycles. The fourth-order valence-corrected chi connectivity index (χ4v) is 6.11. The second-order valence-electron chi connectivity index (χ2n) is 4.87. The minimum absolute atomic E-state index is 0.121. The van der Waals surface area contributed by atoms with Crippen molar-refractivity contribution in [3.63, 3.8) is 0 Å². The van der Waals surface area contributed by atoms with E-state index < -0.39 is 10.0 Å². The van der Waals surface area contributed by atoms with Crippen LogP contribution in [0.5, 0.6) is 0 Å². The van der Waals surface area contributed by atoms with Crippen molar-refractivity contribution in [1.29, 1.82) is 0 Å². The second kappa shape index (κ2) is 6.22. The van der Waals surface area contributed by atoms with Gasteiger partial charge < -0.3 is 5.32 Å². The third-order valence-corrected chi connectivity index (χ3v) is 7.80. The van der Waals surface area contributed by atoms with Crippen LogP contribution in [0.15, 0.2) is 20.1 Å². The van der Waals surface area contributed by atoms with Crippen molar-refractivity contribution in [3.8, 4) is 0 Å².